The van der Waals surface area contributed by atoms with Crippen LogP contribution in [0.25, 0.3) is 11.0 Å². The minimum atomic E-state index is -4.60. The summed E-state index contributed by atoms with van der Waals surface area (Å²) < 4.78 is 47.2. The van der Waals surface area contributed by atoms with Crippen molar-refractivity contribution in [3.63, 3.8) is 0 Å². The van der Waals surface area contributed by atoms with Crippen LogP contribution in [0, 0.1) is 15.5 Å². The molecular formula is C46H53N9O9S. The number of sulfonamides is 1. The zero-order valence-corrected chi connectivity index (χ0v) is 37.3. The number of pyridine rings is 1. The van der Waals surface area contributed by atoms with Gasteiger partial charge in [0.25, 0.3) is 21.6 Å². The third-order valence-corrected chi connectivity index (χ3v) is 14.1. The molecule has 342 valence electrons. The number of dihydropyridines is 1. The highest BCUT2D eigenvalue weighted by molar-refractivity contribution is 7.90. The molecule has 0 radical (unpaired) electrons. The Kier molecular flexibility index (Phi) is 12.5. The zero-order valence-electron chi connectivity index (χ0n) is 36.5. The number of aromatic amines is 1. The number of allylic oxidation sites excluding steroid dienone is 2. The quantitative estimate of drug-likeness (QED) is 0.112. The summed E-state index contributed by atoms with van der Waals surface area (Å²) in [5, 5.41) is 16.0. The minimum absolute atomic E-state index is 0.0840. The highest BCUT2D eigenvalue weighted by Crippen LogP contribution is 2.44. The first kappa shape index (κ1) is 44.1. The molecular weight excluding hydrogens is 855 g/mol. The van der Waals surface area contributed by atoms with E-state index in [2.05, 4.69) is 43.7 Å². The largest absolute Gasteiger partial charge is 0.476 e. The molecule has 19 heteroatoms. The molecule has 5 aliphatic rings. The van der Waals surface area contributed by atoms with Gasteiger partial charge < -0.3 is 34.3 Å². The number of hydrogen-bond acceptors (Lipinski definition) is 14. The Morgan fingerprint density at radius 3 is 2.66 bits per heavy atom. The molecule has 4 aliphatic heterocycles. The van der Waals surface area contributed by atoms with E-state index < -0.39 is 31.4 Å². The lowest BCUT2D eigenvalue weighted by Crippen LogP contribution is -2.47. The topological polar surface area (TPSA) is 214 Å². The number of aliphatic imine (C=N–C) groups is 1. The van der Waals surface area contributed by atoms with Crippen molar-refractivity contribution in [2.75, 3.05) is 87.4 Å². The Hall–Kier alpha value is -6.15. The number of nitro groups is 1. The van der Waals surface area contributed by atoms with E-state index >= 15 is 0 Å². The average Bonchev–Trinajstić information content (AvgIpc) is 3.66. The number of carbonyl (C=O) groups is 2. The van der Waals surface area contributed by atoms with Gasteiger partial charge in [0, 0.05) is 75.4 Å². The summed E-state index contributed by atoms with van der Waals surface area (Å²) in [6.45, 7) is 10.6. The fourth-order valence-corrected chi connectivity index (χ4v) is 10.2. The van der Waals surface area contributed by atoms with Crippen molar-refractivity contribution in [1.29, 1.82) is 0 Å². The van der Waals surface area contributed by atoms with Crippen LogP contribution in [0.2, 0.25) is 0 Å². The van der Waals surface area contributed by atoms with Gasteiger partial charge in [0.15, 0.2) is 0 Å². The lowest BCUT2D eigenvalue weighted by atomic mass is 9.71. The molecule has 2 aromatic heterocycles. The normalized spacial score (nSPS) is 20.5. The molecule has 6 heterocycles. The predicted molar refractivity (Wildman–Crippen MR) is 246 cm³/mol. The number of ether oxygens (including phenoxy) is 3. The smallest absolute Gasteiger partial charge is 0.293 e. The molecule has 0 saturated carbocycles. The van der Waals surface area contributed by atoms with Gasteiger partial charge in [0.2, 0.25) is 11.8 Å². The summed E-state index contributed by atoms with van der Waals surface area (Å²) in [6.07, 6.45) is 8.98. The van der Waals surface area contributed by atoms with Gasteiger partial charge in [-0.3, -0.25) is 24.6 Å². The number of piperazine rings is 1. The van der Waals surface area contributed by atoms with Crippen molar-refractivity contribution in [2.24, 2.45) is 10.4 Å². The molecule has 18 nitrogen and oxygen atoms in total. The first-order valence-corrected chi connectivity index (χ1v) is 23.5. The molecule has 0 spiro atoms. The van der Waals surface area contributed by atoms with Crippen molar-refractivity contribution in [1.82, 2.24) is 19.6 Å². The van der Waals surface area contributed by atoms with Crippen molar-refractivity contribution < 1.29 is 37.1 Å². The Morgan fingerprint density at radius 2 is 1.88 bits per heavy atom. The van der Waals surface area contributed by atoms with Crippen molar-refractivity contribution >= 4 is 67.5 Å². The Labute approximate surface area is 376 Å². The summed E-state index contributed by atoms with van der Waals surface area (Å²) in [7, 11) is -4.60. The molecule has 1 atom stereocenters. The molecule has 65 heavy (non-hydrogen) atoms. The van der Waals surface area contributed by atoms with E-state index in [0.29, 0.717) is 81.8 Å². The molecule has 4 aromatic rings. The highest BCUT2D eigenvalue weighted by Gasteiger charge is 2.33. The lowest BCUT2D eigenvalue weighted by molar-refractivity contribution is -0.384. The van der Waals surface area contributed by atoms with Crippen LogP contribution >= 0.6 is 0 Å². The number of carbonyl (C=O) groups excluding carboxylic acids is 2. The molecule has 2 saturated heterocycles. The average molecular weight is 908 g/mol. The second kappa shape index (κ2) is 18.4. The summed E-state index contributed by atoms with van der Waals surface area (Å²) in [4.78, 5) is 56.2. The SMILES string of the molecule is CC1(C)CCC(CN2CCN(c3ccc(C(=O)NS(=O)(=O)c4ccc(NCC5COCCO5)c([N+](=O)[O-])c4)c(N4CCCOc5nc6[nH]ccc6cc54)c3)CC2)=C(C2=CC=NC(=O)C2)C1. The number of nitro benzene ring substituents is 1. The highest BCUT2D eigenvalue weighted by atomic mass is 32.2. The maximum Gasteiger partial charge on any atom is 0.293 e. The van der Waals surface area contributed by atoms with E-state index in [1.54, 1.807) is 18.5 Å². The number of H-pyrrole nitrogens is 1. The van der Waals surface area contributed by atoms with E-state index in [1.807, 2.05) is 35.2 Å². The van der Waals surface area contributed by atoms with Gasteiger partial charge in [-0.1, -0.05) is 19.4 Å². The number of benzene rings is 2. The monoisotopic (exact) mass is 907 g/mol. The fourth-order valence-electron chi connectivity index (χ4n) is 9.21. The van der Waals surface area contributed by atoms with Crippen molar-refractivity contribution in [2.45, 2.75) is 57.0 Å². The first-order chi connectivity index (χ1) is 31.3. The van der Waals surface area contributed by atoms with Crippen LogP contribution in [-0.2, 0) is 24.3 Å². The van der Waals surface area contributed by atoms with E-state index in [9.17, 15) is 28.1 Å². The number of nitrogens with zero attached hydrogens (tertiary/aromatic N) is 6. The van der Waals surface area contributed by atoms with Crippen LogP contribution < -0.4 is 24.6 Å². The van der Waals surface area contributed by atoms with E-state index in [1.165, 1.54) is 23.3 Å². The van der Waals surface area contributed by atoms with Gasteiger partial charge in [-0.2, -0.15) is 4.98 Å². The van der Waals surface area contributed by atoms with Crippen LogP contribution in [0.3, 0.4) is 0 Å². The van der Waals surface area contributed by atoms with Gasteiger partial charge in [-0.05, 0) is 90.8 Å². The summed E-state index contributed by atoms with van der Waals surface area (Å²) in [6, 6.07) is 12.7. The Bertz CT molecular complexity index is 2720. The number of anilines is 4. The third-order valence-electron chi connectivity index (χ3n) is 12.7. The van der Waals surface area contributed by atoms with Crippen LogP contribution in [0.4, 0.5) is 28.4 Å². The summed E-state index contributed by atoms with van der Waals surface area (Å²) in [5.74, 6) is -0.638. The first-order valence-electron chi connectivity index (χ1n) is 22.1. The number of nitrogens with one attached hydrogen (secondary N) is 3. The van der Waals surface area contributed by atoms with E-state index in [-0.39, 0.29) is 35.2 Å². The fraction of sp³-hybridized carbons (Fsp3) is 0.435. The predicted octanol–water partition coefficient (Wildman–Crippen LogP) is 5.89. The van der Waals surface area contributed by atoms with E-state index in [0.717, 1.165) is 61.6 Å². The third kappa shape index (κ3) is 9.78. The number of rotatable bonds is 12. The van der Waals surface area contributed by atoms with Gasteiger partial charge in [-0.25, -0.2) is 18.1 Å². The van der Waals surface area contributed by atoms with Gasteiger partial charge in [0.1, 0.15) is 17.0 Å². The maximum atomic E-state index is 14.4. The van der Waals surface area contributed by atoms with Crippen LogP contribution in [0.1, 0.15) is 56.3 Å². The molecule has 1 unspecified atom stereocenters. The number of aromatic nitrogens is 2. The molecule has 2 amide bonds. The number of fused-ring (bicyclic) bond motifs is 2. The van der Waals surface area contributed by atoms with Crippen LogP contribution in [0.15, 0.2) is 87.4 Å². The molecule has 0 bridgehead atoms. The lowest BCUT2D eigenvalue weighted by Gasteiger charge is -2.40. The summed E-state index contributed by atoms with van der Waals surface area (Å²) in [5.41, 5.74) is 6.20. The maximum absolute atomic E-state index is 14.4. The zero-order chi connectivity index (χ0) is 45.3. The molecule has 1 aliphatic carbocycles. The molecule has 9 rings (SSSR count). The van der Waals surface area contributed by atoms with Crippen LogP contribution in [0.5, 0.6) is 5.88 Å². The van der Waals surface area contributed by atoms with Gasteiger partial charge in [-0.15, -0.1) is 0 Å². The Balaban J connectivity index is 0.985. The number of hydrogen-bond donors (Lipinski definition) is 3. The molecule has 2 aromatic carbocycles. The van der Waals surface area contributed by atoms with Gasteiger partial charge in [0.05, 0.1) is 60.0 Å². The van der Waals surface area contributed by atoms with Crippen LogP contribution in [-0.4, -0.2) is 125 Å². The standard InChI is InChI=1S/C46H53N9O9S/c1-46(2)11-8-32(37(26-46)30-9-12-47-42(56)23-30)28-52-15-17-53(18-16-52)33-4-6-36(39(24-33)54-14-3-19-64-45-41(54)22-31-10-13-48-43(31)50-45)44(57)51-65(60,61)35-5-7-38(40(25-35)55(58)59)49-27-34-29-62-20-21-63-34/h4-7,9-10,12-13,22,24-25,34,49H,3,8,11,14-21,23,26-29H2,1-2H3,(H,48,50)(H,51,57). The minimum Gasteiger partial charge on any atom is -0.476 e. The molecule has 2 fully saturated rings. The molecule has 3 N–H and O–H groups in total. The number of amides is 2. The van der Waals surface area contributed by atoms with Crippen molar-refractivity contribution in [3.8, 4) is 5.88 Å². The summed E-state index contributed by atoms with van der Waals surface area (Å²) >= 11 is 0. The second-order valence-corrected chi connectivity index (χ2v) is 19.5. The van der Waals surface area contributed by atoms with E-state index in [4.69, 9.17) is 19.2 Å². The van der Waals surface area contributed by atoms with Gasteiger partial charge >= 0.3 is 0 Å². The second-order valence-electron chi connectivity index (χ2n) is 17.8. The Morgan fingerprint density at radius 1 is 1.03 bits per heavy atom. The van der Waals surface area contributed by atoms with Crippen molar-refractivity contribution in [3.05, 3.63) is 93.2 Å².